The summed E-state index contributed by atoms with van der Waals surface area (Å²) in [5, 5.41) is 1.01. The zero-order valence-electron chi connectivity index (χ0n) is 14.1. The highest BCUT2D eigenvalue weighted by Gasteiger charge is 2.21. The summed E-state index contributed by atoms with van der Waals surface area (Å²) in [5.41, 5.74) is 4.59. The summed E-state index contributed by atoms with van der Waals surface area (Å²) in [4.78, 5) is 17.4. The van der Waals surface area contributed by atoms with Crippen LogP contribution in [0.3, 0.4) is 0 Å². The van der Waals surface area contributed by atoms with E-state index in [1.54, 1.807) is 6.92 Å². The Bertz CT molecular complexity index is 901. The zero-order chi connectivity index (χ0) is 17.3. The number of fused-ring (bicyclic) bond motifs is 1. The van der Waals surface area contributed by atoms with Crippen molar-refractivity contribution in [3.63, 3.8) is 0 Å². The van der Waals surface area contributed by atoms with E-state index in [2.05, 4.69) is 41.9 Å². The van der Waals surface area contributed by atoms with Crippen molar-refractivity contribution in [2.75, 3.05) is 0 Å². The van der Waals surface area contributed by atoms with Gasteiger partial charge in [-0.1, -0.05) is 56.3 Å². The molecular formula is C21H20BrNO. The monoisotopic (exact) mass is 381 g/mol. The van der Waals surface area contributed by atoms with Crippen LogP contribution in [0.15, 0.2) is 53.0 Å². The van der Waals surface area contributed by atoms with Gasteiger partial charge in [-0.3, -0.25) is 9.78 Å². The number of para-hydroxylation sites is 1. The fourth-order valence-electron chi connectivity index (χ4n) is 3.12. The highest BCUT2D eigenvalue weighted by atomic mass is 79.9. The quantitative estimate of drug-likeness (QED) is 0.513. The number of ketones is 1. The van der Waals surface area contributed by atoms with Crippen molar-refractivity contribution in [2.45, 2.75) is 27.2 Å². The first-order chi connectivity index (χ1) is 11.5. The molecule has 0 aliphatic rings. The molecule has 0 unspecified atom stereocenters. The van der Waals surface area contributed by atoms with Gasteiger partial charge in [0.25, 0.3) is 0 Å². The average Bonchev–Trinajstić information content (AvgIpc) is 2.54. The van der Waals surface area contributed by atoms with Gasteiger partial charge in [-0.2, -0.15) is 0 Å². The fourth-order valence-corrected chi connectivity index (χ4v) is 3.57. The number of nitrogens with zero attached hydrogens (tertiary/aromatic N) is 1. The number of Topliss-reactive ketones (excluding diaryl/α,β-unsaturated/α-hetero) is 1. The Kier molecular flexibility index (Phi) is 4.81. The van der Waals surface area contributed by atoms with Gasteiger partial charge in [0.05, 0.1) is 11.2 Å². The molecular weight excluding hydrogens is 362 g/mol. The van der Waals surface area contributed by atoms with Gasteiger partial charge in [0.15, 0.2) is 5.78 Å². The van der Waals surface area contributed by atoms with E-state index in [0.717, 1.165) is 44.2 Å². The fraction of sp³-hybridized carbons (Fsp3) is 0.238. The van der Waals surface area contributed by atoms with Crippen molar-refractivity contribution in [3.05, 3.63) is 64.3 Å². The van der Waals surface area contributed by atoms with Crippen molar-refractivity contribution in [3.8, 4) is 11.1 Å². The summed E-state index contributed by atoms with van der Waals surface area (Å²) < 4.78 is 0.956. The lowest BCUT2D eigenvalue weighted by molar-refractivity contribution is 0.101. The Morgan fingerprint density at radius 3 is 2.42 bits per heavy atom. The summed E-state index contributed by atoms with van der Waals surface area (Å²) in [6, 6.07) is 16.1. The summed E-state index contributed by atoms with van der Waals surface area (Å²) in [6.07, 6.45) is 0.784. The summed E-state index contributed by atoms with van der Waals surface area (Å²) >= 11 is 3.62. The number of halogens is 1. The summed E-state index contributed by atoms with van der Waals surface area (Å²) in [7, 11) is 0. The van der Waals surface area contributed by atoms with Crippen LogP contribution < -0.4 is 0 Å². The molecule has 24 heavy (non-hydrogen) atoms. The Morgan fingerprint density at radius 2 is 1.79 bits per heavy atom. The Balaban J connectivity index is 2.47. The molecule has 0 atom stereocenters. The van der Waals surface area contributed by atoms with Crippen LogP contribution in [0.5, 0.6) is 0 Å². The minimum atomic E-state index is 0.0684. The minimum Gasteiger partial charge on any atom is -0.294 e. The van der Waals surface area contributed by atoms with E-state index in [4.69, 9.17) is 4.98 Å². The molecule has 0 aliphatic heterocycles. The summed E-state index contributed by atoms with van der Waals surface area (Å²) in [6.45, 7) is 5.94. The van der Waals surface area contributed by atoms with Gasteiger partial charge in [-0.05, 0) is 46.8 Å². The molecule has 0 fully saturated rings. The van der Waals surface area contributed by atoms with Gasteiger partial charge in [-0.15, -0.1) is 0 Å². The van der Waals surface area contributed by atoms with E-state index in [9.17, 15) is 4.79 Å². The molecule has 2 nitrogen and oxygen atoms in total. The molecule has 0 N–H and O–H groups in total. The Morgan fingerprint density at radius 1 is 1.08 bits per heavy atom. The van der Waals surface area contributed by atoms with Gasteiger partial charge < -0.3 is 0 Å². The maximum absolute atomic E-state index is 12.5. The molecule has 0 aliphatic carbocycles. The van der Waals surface area contributed by atoms with Crippen LogP contribution >= 0.6 is 15.9 Å². The van der Waals surface area contributed by atoms with Crippen LogP contribution in [0.1, 0.15) is 36.8 Å². The lowest BCUT2D eigenvalue weighted by Crippen LogP contribution is -2.09. The molecule has 0 radical (unpaired) electrons. The number of rotatable bonds is 4. The third-order valence-electron chi connectivity index (χ3n) is 4.06. The van der Waals surface area contributed by atoms with E-state index >= 15 is 0 Å². The second-order valence-corrected chi connectivity index (χ2v) is 7.32. The number of pyridine rings is 1. The molecule has 1 aromatic heterocycles. The van der Waals surface area contributed by atoms with E-state index in [0.29, 0.717) is 5.92 Å². The first-order valence-electron chi connectivity index (χ1n) is 8.16. The molecule has 0 spiro atoms. The van der Waals surface area contributed by atoms with E-state index in [-0.39, 0.29) is 5.78 Å². The molecule has 3 rings (SSSR count). The van der Waals surface area contributed by atoms with Crippen LogP contribution in [-0.4, -0.2) is 10.8 Å². The van der Waals surface area contributed by atoms with E-state index < -0.39 is 0 Å². The molecule has 1 heterocycles. The van der Waals surface area contributed by atoms with Crippen LogP contribution in [0.25, 0.3) is 22.0 Å². The highest BCUT2D eigenvalue weighted by molar-refractivity contribution is 9.10. The molecule has 0 saturated carbocycles. The maximum atomic E-state index is 12.5. The largest absolute Gasteiger partial charge is 0.294 e. The van der Waals surface area contributed by atoms with Crippen LogP contribution in [0.2, 0.25) is 0 Å². The number of hydrogen-bond donors (Lipinski definition) is 0. The predicted octanol–water partition coefficient (Wildman–Crippen LogP) is 6.07. The normalized spacial score (nSPS) is 11.2. The van der Waals surface area contributed by atoms with Gasteiger partial charge in [0.2, 0.25) is 0 Å². The Labute approximate surface area is 151 Å². The molecule has 0 amide bonds. The van der Waals surface area contributed by atoms with Crippen molar-refractivity contribution in [1.82, 2.24) is 4.98 Å². The van der Waals surface area contributed by atoms with Gasteiger partial charge in [-0.25, -0.2) is 0 Å². The molecule has 3 heteroatoms. The van der Waals surface area contributed by atoms with E-state index in [1.807, 2.05) is 36.4 Å². The lowest BCUT2D eigenvalue weighted by Gasteiger charge is -2.17. The van der Waals surface area contributed by atoms with Gasteiger partial charge in [0, 0.05) is 21.0 Å². The molecule has 2 aromatic carbocycles. The maximum Gasteiger partial charge on any atom is 0.162 e. The van der Waals surface area contributed by atoms with Gasteiger partial charge >= 0.3 is 0 Å². The highest BCUT2D eigenvalue weighted by Crippen LogP contribution is 2.36. The minimum absolute atomic E-state index is 0.0684. The second-order valence-electron chi connectivity index (χ2n) is 6.46. The predicted molar refractivity (Wildman–Crippen MR) is 103 cm³/mol. The van der Waals surface area contributed by atoms with Crippen LogP contribution in [-0.2, 0) is 6.42 Å². The molecule has 0 bridgehead atoms. The van der Waals surface area contributed by atoms with E-state index in [1.165, 1.54) is 0 Å². The molecule has 0 saturated heterocycles. The topological polar surface area (TPSA) is 30.0 Å². The van der Waals surface area contributed by atoms with Crippen molar-refractivity contribution >= 4 is 32.6 Å². The van der Waals surface area contributed by atoms with Crippen molar-refractivity contribution < 1.29 is 4.79 Å². The smallest absolute Gasteiger partial charge is 0.162 e. The number of hydrogen-bond acceptors (Lipinski definition) is 2. The molecule has 122 valence electrons. The van der Waals surface area contributed by atoms with Gasteiger partial charge in [0.1, 0.15) is 0 Å². The second kappa shape index (κ2) is 6.86. The third kappa shape index (κ3) is 3.13. The van der Waals surface area contributed by atoms with Crippen molar-refractivity contribution in [1.29, 1.82) is 0 Å². The average molecular weight is 382 g/mol. The Hall–Kier alpha value is -2.00. The van der Waals surface area contributed by atoms with Crippen LogP contribution in [0.4, 0.5) is 0 Å². The first kappa shape index (κ1) is 16.8. The number of carbonyl (C=O) groups is 1. The molecule has 3 aromatic rings. The first-order valence-corrected chi connectivity index (χ1v) is 8.95. The summed E-state index contributed by atoms with van der Waals surface area (Å²) in [5.74, 6) is 0.498. The lowest BCUT2D eigenvalue weighted by atomic mass is 9.90. The number of benzene rings is 2. The number of aromatic nitrogens is 1. The van der Waals surface area contributed by atoms with Crippen molar-refractivity contribution in [2.24, 2.45) is 5.92 Å². The number of carbonyl (C=O) groups excluding carboxylic acids is 1. The zero-order valence-corrected chi connectivity index (χ0v) is 15.7. The van der Waals surface area contributed by atoms with Crippen LogP contribution in [0, 0.1) is 5.92 Å². The third-order valence-corrected chi connectivity index (χ3v) is 4.70. The standard InChI is InChI=1S/C21H20BrNO/c1-13(2)12-18-19(14(3)24)20(15-8-5-4-6-9-15)16-10-7-11-17(22)21(16)23-18/h4-11,13H,12H2,1-3H3. The SMILES string of the molecule is CC(=O)c1c(CC(C)C)nc2c(Br)cccc2c1-c1ccccc1.